The fourth-order valence-corrected chi connectivity index (χ4v) is 2.07. The Kier molecular flexibility index (Phi) is 2.16. The standard InChI is InChI=1S/C13H15NO3/c1-8-12(15)14-10-6-9(2-3-11(10)17-8)7-13(16)4-5-13/h2-3,6,8,16H,4-5,7H2,1H3,(H,14,15). The number of amides is 1. The third-order valence-electron chi connectivity index (χ3n) is 3.34. The van der Waals surface area contributed by atoms with E-state index in [9.17, 15) is 9.90 Å². The van der Waals surface area contributed by atoms with Crippen molar-refractivity contribution in [1.82, 2.24) is 0 Å². The first kappa shape index (κ1) is 10.6. The second-order valence-corrected chi connectivity index (χ2v) is 4.98. The molecule has 0 aromatic heterocycles. The van der Waals surface area contributed by atoms with E-state index in [1.165, 1.54) is 0 Å². The van der Waals surface area contributed by atoms with Crippen LogP contribution < -0.4 is 10.1 Å². The monoisotopic (exact) mass is 233 g/mol. The SMILES string of the molecule is CC1Oc2ccc(CC3(O)CC3)cc2NC1=O. The number of aliphatic hydroxyl groups is 1. The third kappa shape index (κ3) is 2.00. The number of ether oxygens (including phenoxy) is 1. The maximum Gasteiger partial charge on any atom is 0.265 e. The number of nitrogens with one attached hydrogen (secondary N) is 1. The van der Waals surface area contributed by atoms with Crippen LogP contribution in [-0.2, 0) is 11.2 Å². The molecule has 1 saturated carbocycles. The lowest BCUT2D eigenvalue weighted by molar-refractivity contribution is -0.122. The lowest BCUT2D eigenvalue weighted by Crippen LogP contribution is -2.34. The van der Waals surface area contributed by atoms with Crippen molar-refractivity contribution in [3.63, 3.8) is 0 Å². The molecule has 1 aromatic carbocycles. The summed E-state index contributed by atoms with van der Waals surface area (Å²) in [6, 6.07) is 5.68. The van der Waals surface area contributed by atoms with Crippen LogP contribution in [0.15, 0.2) is 18.2 Å². The van der Waals surface area contributed by atoms with Crippen molar-refractivity contribution in [2.45, 2.75) is 37.9 Å². The summed E-state index contributed by atoms with van der Waals surface area (Å²) < 4.78 is 5.47. The van der Waals surface area contributed by atoms with Gasteiger partial charge in [0.25, 0.3) is 5.91 Å². The van der Waals surface area contributed by atoms with E-state index in [0.717, 1.165) is 18.4 Å². The van der Waals surface area contributed by atoms with Gasteiger partial charge < -0.3 is 15.2 Å². The number of fused-ring (bicyclic) bond motifs is 1. The Bertz CT molecular complexity index is 480. The molecule has 17 heavy (non-hydrogen) atoms. The van der Waals surface area contributed by atoms with Gasteiger partial charge in [0, 0.05) is 6.42 Å². The van der Waals surface area contributed by atoms with E-state index in [-0.39, 0.29) is 5.91 Å². The summed E-state index contributed by atoms with van der Waals surface area (Å²) in [4.78, 5) is 11.5. The Morgan fingerprint density at radius 3 is 3.00 bits per heavy atom. The van der Waals surface area contributed by atoms with E-state index >= 15 is 0 Å². The van der Waals surface area contributed by atoms with Gasteiger partial charge in [-0.05, 0) is 37.5 Å². The number of anilines is 1. The number of hydrogen-bond acceptors (Lipinski definition) is 3. The molecule has 4 heteroatoms. The molecule has 1 amide bonds. The highest BCUT2D eigenvalue weighted by atomic mass is 16.5. The first-order chi connectivity index (χ1) is 8.06. The fraction of sp³-hybridized carbons (Fsp3) is 0.462. The fourth-order valence-electron chi connectivity index (χ4n) is 2.07. The van der Waals surface area contributed by atoms with Gasteiger partial charge in [0.2, 0.25) is 0 Å². The van der Waals surface area contributed by atoms with Crippen molar-refractivity contribution >= 4 is 11.6 Å². The molecule has 4 nitrogen and oxygen atoms in total. The number of carbonyl (C=O) groups excluding carboxylic acids is 1. The van der Waals surface area contributed by atoms with Gasteiger partial charge in [-0.3, -0.25) is 4.79 Å². The Morgan fingerprint density at radius 2 is 2.29 bits per heavy atom. The third-order valence-corrected chi connectivity index (χ3v) is 3.34. The zero-order chi connectivity index (χ0) is 12.0. The highest BCUT2D eigenvalue weighted by Crippen LogP contribution is 2.39. The van der Waals surface area contributed by atoms with Crippen LogP contribution in [0, 0.1) is 0 Å². The summed E-state index contributed by atoms with van der Waals surface area (Å²) in [6.07, 6.45) is 1.93. The molecule has 1 aromatic rings. The first-order valence-electron chi connectivity index (χ1n) is 5.89. The van der Waals surface area contributed by atoms with Crippen molar-refractivity contribution in [2.75, 3.05) is 5.32 Å². The van der Waals surface area contributed by atoms with Crippen LogP contribution in [0.2, 0.25) is 0 Å². The summed E-state index contributed by atoms with van der Waals surface area (Å²) in [7, 11) is 0. The molecule has 0 bridgehead atoms. The first-order valence-corrected chi connectivity index (χ1v) is 5.89. The number of hydrogen-bond donors (Lipinski definition) is 2. The Morgan fingerprint density at radius 1 is 1.53 bits per heavy atom. The maximum atomic E-state index is 11.5. The average Bonchev–Trinajstić information content (AvgIpc) is 2.98. The molecular formula is C13H15NO3. The van der Waals surface area contributed by atoms with E-state index in [4.69, 9.17) is 4.74 Å². The summed E-state index contributed by atoms with van der Waals surface area (Å²) in [5.41, 5.74) is 1.22. The smallest absolute Gasteiger partial charge is 0.265 e. The van der Waals surface area contributed by atoms with Gasteiger partial charge in [0.05, 0.1) is 11.3 Å². The largest absolute Gasteiger partial charge is 0.479 e. The van der Waals surface area contributed by atoms with E-state index in [1.807, 2.05) is 18.2 Å². The van der Waals surface area contributed by atoms with Crippen LogP contribution in [0.1, 0.15) is 25.3 Å². The number of rotatable bonds is 2. The minimum atomic E-state index is -0.513. The molecule has 3 rings (SSSR count). The van der Waals surface area contributed by atoms with E-state index in [2.05, 4.69) is 5.32 Å². The van der Waals surface area contributed by atoms with Gasteiger partial charge >= 0.3 is 0 Å². The second-order valence-electron chi connectivity index (χ2n) is 4.98. The Labute approximate surface area is 99.6 Å². The van der Waals surface area contributed by atoms with Gasteiger partial charge in [0.15, 0.2) is 6.10 Å². The topological polar surface area (TPSA) is 58.6 Å². The normalized spacial score (nSPS) is 24.6. The lowest BCUT2D eigenvalue weighted by Gasteiger charge is -2.24. The molecule has 1 aliphatic carbocycles. The zero-order valence-corrected chi connectivity index (χ0v) is 9.69. The Balaban J connectivity index is 1.86. The molecule has 0 spiro atoms. The predicted octanol–water partition coefficient (Wildman–Crippen LogP) is 1.47. The Hall–Kier alpha value is -1.55. The van der Waals surface area contributed by atoms with E-state index < -0.39 is 11.7 Å². The van der Waals surface area contributed by atoms with Crippen LogP contribution in [-0.4, -0.2) is 22.7 Å². The molecule has 2 aliphatic rings. The van der Waals surface area contributed by atoms with Crippen molar-refractivity contribution in [1.29, 1.82) is 0 Å². The van der Waals surface area contributed by atoms with E-state index in [1.54, 1.807) is 6.92 Å². The second kappa shape index (κ2) is 3.47. The minimum absolute atomic E-state index is 0.125. The predicted molar refractivity (Wildman–Crippen MR) is 63.0 cm³/mol. The molecule has 1 fully saturated rings. The van der Waals surface area contributed by atoms with Gasteiger partial charge in [0.1, 0.15) is 5.75 Å². The average molecular weight is 233 g/mol. The maximum absolute atomic E-state index is 11.5. The molecule has 0 radical (unpaired) electrons. The van der Waals surface area contributed by atoms with Crippen molar-refractivity contribution in [2.24, 2.45) is 0 Å². The van der Waals surface area contributed by atoms with Crippen LogP contribution in [0.5, 0.6) is 5.75 Å². The number of carbonyl (C=O) groups is 1. The molecule has 2 N–H and O–H groups in total. The number of benzene rings is 1. The molecule has 1 heterocycles. The molecule has 1 unspecified atom stereocenters. The summed E-state index contributed by atoms with van der Waals surface area (Å²) >= 11 is 0. The molecule has 90 valence electrons. The van der Waals surface area contributed by atoms with Crippen molar-refractivity contribution < 1.29 is 14.6 Å². The van der Waals surface area contributed by atoms with E-state index in [0.29, 0.717) is 17.9 Å². The molecular weight excluding hydrogens is 218 g/mol. The highest BCUT2D eigenvalue weighted by Gasteiger charge is 2.40. The summed E-state index contributed by atoms with van der Waals surface area (Å²) in [5, 5.41) is 12.7. The highest BCUT2D eigenvalue weighted by molar-refractivity contribution is 5.97. The summed E-state index contributed by atoms with van der Waals surface area (Å²) in [5.74, 6) is 0.573. The quantitative estimate of drug-likeness (QED) is 0.813. The van der Waals surface area contributed by atoms with Gasteiger partial charge in [-0.15, -0.1) is 0 Å². The molecule has 0 saturated heterocycles. The van der Waals surface area contributed by atoms with Crippen LogP contribution in [0.3, 0.4) is 0 Å². The molecule has 1 aliphatic heterocycles. The zero-order valence-electron chi connectivity index (χ0n) is 9.69. The van der Waals surface area contributed by atoms with Crippen LogP contribution in [0.25, 0.3) is 0 Å². The molecule has 1 atom stereocenters. The van der Waals surface area contributed by atoms with Crippen molar-refractivity contribution in [3.8, 4) is 5.75 Å². The van der Waals surface area contributed by atoms with Gasteiger partial charge in [-0.2, -0.15) is 0 Å². The minimum Gasteiger partial charge on any atom is -0.479 e. The van der Waals surface area contributed by atoms with Crippen molar-refractivity contribution in [3.05, 3.63) is 23.8 Å². The lowest BCUT2D eigenvalue weighted by atomic mass is 10.0. The van der Waals surface area contributed by atoms with Gasteiger partial charge in [-0.25, -0.2) is 0 Å². The van der Waals surface area contributed by atoms with Crippen LogP contribution >= 0.6 is 0 Å². The van der Waals surface area contributed by atoms with Gasteiger partial charge in [-0.1, -0.05) is 6.07 Å². The summed E-state index contributed by atoms with van der Waals surface area (Å²) in [6.45, 7) is 1.72. The van der Waals surface area contributed by atoms with Crippen LogP contribution in [0.4, 0.5) is 5.69 Å².